The predicted molar refractivity (Wildman–Crippen MR) is 95.8 cm³/mol. The summed E-state index contributed by atoms with van der Waals surface area (Å²) in [7, 11) is -0.559. The highest BCUT2D eigenvalue weighted by atomic mass is 16.7. The van der Waals surface area contributed by atoms with Gasteiger partial charge in [0.1, 0.15) is 0 Å². The lowest BCUT2D eigenvalue weighted by molar-refractivity contribution is 0.00752. The molecule has 0 saturated heterocycles. The average molecular weight is 314 g/mol. The third-order valence-corrected chi connectivity index (χ3v) is 3.44. The van der Waals surface area contributed by atoms with Gasteiger partial charge in [0.25, 0.3) is 0 Å². The van der Waals surface area contributed by atoms with Crippen LogP contribution < -0.4 is 0 Å². The molecule has 0 aromatic carbocycles. The van der Waals surface area contributed by atoms with Crippen LogP contribution in [0.5, 0.6) is 0 Å². The molecule has 0 aromatic rings. The lowest BCUT2D eigenvalue weighted by atomic mass is 10.0. The van der Waals surface area contributed by atoms with E-state index in [-0.39, 0.29) is 18.3 Å². The first-order valence-corrected chi connectivity index (χ1v) is 9.06. The largest absolute Gasteiger partial charge is 0.639 e. The van der Waals surface area contributed by atoms with Crippen molar-refractivity contribution in [2.45, 2.75) is 99.9 Å². The van der Waals surface area contributed by atoms with Crippen LogP contribution in [0, 0.1) is 17.8 Å². The summed E-state index contributed by atoms with van der Waals surface area (Å²) in [5, 5.41) is 0. The zero-order valence-electron chi connectivity index (χ0n) is 16.4. The molecule has 0 aliphatic rings. The Balaban J connectivity index is 4.53. The van der Waals surface area contributed by atoms with Crippen molar-refractivity contribution in [3.05, 3.63) is 0 Å². The Kier molecular flexibility index (Phi) is 11.4. The van der Waals surface area contributed by atoms with Gasteiger partial charge in [0.05, 0.1) is 0 Å². The smallest absolute Gasteiger partial charge is 0.383 e. The molecule has 0 fully saturated rings. The van der Waals surface area contributed by atoms with E-state index in [9.17, 15) is 0 Å². The molecule has 4 heteroatoms. The van der Waals surface area contributed by atoms with Crippen LogP contribution in [-0.4, -0.2) is 25.6 Å². The summed E-state index contributed by atoms with van der Waals surface area (Å²) in [6, 6.07) is 0. The average Bonchev–Trinajstić information content (AvgIpc) is 2.23. The fourth-order valence-electron chi connectivity index (χ4n) is 2.82. The summed E-state index contributed by atoms with van der Waals surface area (Å²) in [5.74, 6) is 1.82. The highest BCUT2D eigenvalue weighted by Gasteiger charge is 2.29. The Morgan fingerprint density at radius 1 is 0.500 bits per heavy atom. The Bertz CT molecular complexity index is 226. The van der Waals surface area contributed by atoms with Crippen molar-refractivity contribution in [3.63, 3.8) is 0 Å². The monoisotopic (exact) mass is 314 g/mol. The summed E-state index contributed by atoms with van der Waals surface area (Å²) in [4.78, 5) is 0. The second kappa shape index (κ2) is 11.5. The topological polar surface area (TPSA) is 27.7 Å². The van der Waals surface area contributed by atoms with Crippen molar-refractivity contribution >= 4 is 7.32 Å². The third-order valence-electron chi connectivity index (χ3n) is 3.44. The van der Waals surface area contributed by atoms with Gasteiger partial charge in [0.2, 0.25) is 0 Å². The van der Waals surface area contributed by atoms with E-state index < -0.39 is 7.32 Å². The zero-order valence-corrected chi connectivity index (χ0v) is 16.4. The van der Waals surface area contributed by atoms with Crippen LogP contribution in [-0.2, 0) is 14.0 Å². The van der Waals surface area contributed by atoms with Crippen LogP contribution in [0.15, 0.2) is 0 Å². The molecule has 0 radical (unpaired) electrons. The van der Waals surface area contributed by atoms with E-state index in [1.54, 1.807) is 0 Å². The van der Waals surface area contributed by atoms with Gasteiger partial charge in [-0.2, -0.15) is 0 Å². The Morgan fingerprint density at radius 2 is 0.727 bits per heavy atom. The second-order valence-electron chi connectivity index (χ2n) is 8.02. The van der Waals surface area contributed by atoms with Crippen molar-refractivity contribution in [1.29, 1.82) is 0 Å². The molecule has 0 spiro atoms. The summed E-state index contributed by atoms with van der Waals surface area (Å²) in [6.45, 7) is 19.5. The van der Waals surface area contributed by atoms with Gasteiger partial charge < -0.3 is 14.0 Å². The van der Waals surface area contributed by atoms with E-state index in [4.69, 9.17) is 14.0 Å². The van der Waals surface area contributed by atoms with Gasteiger partial charge in [-0.15, -0.1) is 0 Å². The molecule has 22 heavy (non-hydrogen) atoms. The van der Waals surface area contributed by atoms with Crippen LogP contribution in [0.3, 0.4) is 0 Å². The minimum atomic E-state index is -0.559. The van der Waals surface area contributed by atoms with Crippen molar-refractivity contribution in [3.8, 4) is 0 Å². The quantitative estimate of drug-likeness (QED) is 0.456. The van der Waals surface area contributed by atoms with E-state index in [0.29, 0.717) is 17.8 Å². The number of rotatable bonds is 12. The van der Waals surface area contributed by atoms with Gasteiger partial charge >= 0.3 is 7.32 Å². The van der Waals surface area contributed by atoms with Crippen molar-refractivity contribution in [2.24, 2.45) is 17.8 Å². The SMILES string of the molecule is CC(C)CC(C)OB(OC(C)CC(C)C)OC(C)CC(C)C. The standard InChI is InChI=1S/C18H39BO3/c1-13(2)10-16(7)20-19(21-17(8)11-14(3)4)22-18(9)12-15(5)6/h13-18H,10-12H2,1-9H3. The van der Waals surface area contributed by atoms with E-state index in [1.807, 2.05) is 0 Å². The fraction of sp³-hybridized carbons (Fsp3) is 1.00. The van der Waals surface area contributed by atoms with E-state index >= 15 is 0 Å². The first-order valence-electron chi connectivity index (χ1n) is 9.06. The summed E-state index contributed by atoms with van der Waals surface area (Å²) >= 11 is 0. The molecule has 3 atom stereocenters. The van der Waals surface area contributed by atoms with Crippen LogP contribution in [0.25, 0.3) is 0 Å². The van der Waals surface area contributed by atoms with Crippen molar-refractivity contribution < 1.29 is 14.0 Å². The molecule has 3 unspecified atom stereocenters. The predicted octanol–water partition coefficient (Wildman–Crippen LogP) is 5.32. The van der Waals surface area contributed by atoms with Gasteiger partial charge in [0.15, 0.2) is 0 Å². The summed E-state index contributed by atoms with van der Waals surface area (Å²) in [5.41, 5.74) is 0. The first-order chi connectivity index (χ1) is 10.1. The maximum atomic E-state index is 6.02. The van der Waals surface area contributed by atoms with Gasteiger partial charge in [-0.05, 0) is 57.8 Å². The first kappa shape index (κ1) is 21.9. The minimum Gasteiger partial charge on any atom is -0.383 e. The molecule has 0 bridgehead atoms. The molecule has 0 aromatic heterocycles. The van der Waals surface area contributed by atoms with E-state index in [0.717, 1.165) is 19.3 Å². The van der Waals surface area contributed by atoms with Crippen LogP contribution >= 0.6 is 0 Å². The third kappa shape index (κ3) is 12.5. The second-order valence-corrected chi connectivity index (χ2v) is 8.02. The normalized spacial score (nSPS) is 16.4. The fourth-order valence-corrected chi connectivity index (χ4v) is 2.82. The van der Waals surface area contributed by atoms with Crippen LogP contribution in [0.1, 0.15) is 81.6 Å². The minimum absolute atomic E-state index is 0.141. The summed E-state index contributed by atoms with van der Waals surface area (Å²) < 4.78 is 18.1. The molecular weight excluding hydrogens is 275 g/mol. The molecule has 3 nitrogen and oxygen atoms in total. The van der Waals surface area contributed by atoms with E-state index in [1.165, 1.54) is 0 Å². The van der Waals surface area contributed by atoms with Gasteiger partial charge in [-0.1, -0.05) is 41.5 Å². The zero-order chi connectivity index (χ0) is 17.3. The van der Waals surface area contributed by atoms with Gasteiger partial charge in [0, 0.05) is 18.3 Å². The molecule has 0 aliphatic carbocycles. The maximum absolute atomic E-state index is 6.02. The Morgan fingerprint density at radius 3 is 0.909 bits per heavy atom. The summed E-state index contributed by atoms with van der Waals surface area (Å²) in [6.07, 6.45) is 3.47. The number of hydrogen-bond acceptors (Lipinski definition) is 3. The van der Waals surface area contributed by atoms with Crippen LogP contribution in [0.4, 0.5) is 0 Å². The Hall–Kier alpha value is -0.0551. The molecule has 0 aliphatic heterocycles. The van der Waals surface area contributed by atoms with Gasteiger partial charge in [-0.3, -0.25) is 0 Å². The number of hydrogen-bond donors (Lipinski definition) is 0. The molecule has 0 rings (SSSR count). The highest BCUT2D eigenvalue weighted by molar-refractivity contribution is 6.36. The Labute approximate surface area is 139 Å². The molecular formula is C18H39BO3. The molecule has 0 N–H and O–H groups in total. The lowest BCUT2D eigenvalue weighted by Crippen LogP contribution is -2.37. The van der Waals surface area contributed by atoms with Crippen molar-refractivity contribution in [1.82, 2.24) is 0 Å². The molecule has 0 amide bonds. The maximum Gasteiger partial charge on any atom is 0.639 e. The molecule has 0 heterocycles. The van der Waals surface area contributed by atoms with Crippen LogP contribution in [0.2, 0.25) is 0 Å². The molecule has 0 saturated carbocycles. The highest BCUT2D eigenvalue weighted by Crippen LogP contribution is 2.16. The molecule has 132 valence electrons. The lowest BCUT2D eigenvalue weighted by Gasteiger charge is -2.26. The van der Waals surface area contributed by atoms with Crippen molar-refractivity contribution in [2.75, 3.05) is 0 Å². The van der Waals surface area contributed by atoms with E-state index in [2.05, 4.69) is 62.3 Å². The van der Waals surface area contributed by atoms with Gasteiger partial charge in [-0.25, -0.2) is 0 Å².